The maximum absolute atomic E-state index is 11.7. The van der Waals surface area contributed by atoms with Gasteiger partial charge < -0.3 is 10.1 Å². The normalized spacial score (nSPS) is 28.0. The third-order valence-electron chi connectivity index (χ3n) is 4.69. The molecule has 0 aliphatic carbocycles. The lowest BCUT2D eigenvalue weighted by Crippen LogP contribution is -2.36. The minimum absolute atomic E-state index is 0.0438. The average molecular weight is 303 g/mol. The predicted molar refractivity (Wildman–Crippen MR) is 84.1 cm³/mol. The van der Waals surface area contributed by atoms with Gasteiger partial charge in [-0.25, -0.2) is 0 Å². The number of hydrogen-bond acceptors (Lipinski definition) is 4. The molecule has 1 N–H and O–H groups in total. The Morgan fingerprint density at radius 3 is 3.05 bits per heavy atom. The largest absolute Gasteiger partial charge is 0.376 e. The number of likely N-dealkylation sites (tertiary alicyclic amines) is 1. The van der Waals surface area contributed by atoms with Crippen molar-refractivity contribution in [2.75, 3.05) is 26.2 Å². The van der Waals surface area contributed by atoms with Gasteiger partial charge >= 0.3 is 0 Å². The third kappa shape index (κ3) is 3.47. The van der Waals surface area contributed by atoms with Crippen LogP contribution in [0.2, 0.25) is 0 Å². The summed E-state index contributed by atoms with van der Waals surface area (Å²) in [6.07, 6.45) is 2.15. The van der Waals surface area contributed by atoms with Gasteiger partial charge in [-0.05, 0) is 12.1 Å². The number of carbonyl (C=O) groups excluding carboxylic acids is 1. The molecule has 0 aromatic carbocycles. The van der Waals surface area contributed by atoms with Gasteiger partial charge in [0, 0.05) is 50.1 Å². The van der Waals surface area contributed by atoms with Crippen LogP contribution in [-0.4, -0.2) is 48.1 Å². The van der Waals surface area contributed by atoms with Crippen molar-refractivity contribution < 1.29 is 9.53 Å². The standard InChI is InChI=1S/C17H25N3O2/c1-12(2)17(21)19-7-13-11-22-16-10-20(9-15(13)16)8-14-5-3-4-6-18-14/h3-6,12-13,15-16H,7-11H2,1-2H3,(H,19,21)/t13-,15+,16+/m0/s1. The van der Waals surface area contributed by atoms with Crippen molar-refractivity contribution in [3.63, 3.8) is 0 Å². The highest BCUT2D eigenvalue weighted by Gasteiger charge is 2.43. The van der Waals surface area contributed by atoms with Gasteiger partial charge in [0.15, 0.2) is 0 Å². The molecule has 2 aliphatic rings. The number of rotatable bonds is 5. The molecule has 5 heteroatoms. The summed E-state index contributed by atoms with van der Waals surface area (Å²) in [5.41, 5.74) is 1.10. The quantitative estimate of drug-likeness (QED) is 0.891. The van der Waals surface area contributed by atoms with Crippen LogP contribution in [0, 0.1) is 17.8 Å². The van der Waals surface area contributed by atoms with E-state index < -0.39 is 0 Å². The van der Waals surface area contributed by atoms with Crippen LogP contribution in [0.25, 0.3) is 0 Å². The van der Waals surface area contributed by atoms with E-state index in [1.165, 1.54) is 0 Å². The van der Waals surface area contributed by atoms with Crippen molar-refractivity contribution in [3.05, 3.63) is 30.1 Å². The van der Waals surface area contributed by atoms with Gasteiger partial charge in [-0.1, -0.05) is 19.9 Å². The number of fused-ring (bicyclic) bond motifs is 1. The number of nitrogens with one attached hydrogen (secondary N) is 1. The number of carbonyl (C=O) groups is 1. The number of amides is 1. The molecule has 22 heavy (non-hydrogen) atoms. The van der Waals surface area contributed by atoms with E-state index in [1.807, 2.05) is 32.2 Å². The zero-order valence-electron chi connectivity index (χ0n) is 13.4. The van der Waals surface area contributed by atoms with Crippen LogP contribution in [0.4, 0.5) is 0 Å². The highest BCUT2D eigenvalue weighted by molar-refractivity contribution is 5.77. The fraction of sp³-hybridized carbons (Fsp3) is 0.647. The lowest BCUT2D eigenvalue weighted by atomic mass is 9.93. The second-order valence-corrected chi connectivity index (χ2v) is 6.71. The minimum Gasteiger partial charge on any atom is -0.376 e. The van der Waals surface area contributed by atoms with Crippen LogP contribution in [-0.2, 0) is 16.1 Å². The number of hydrogen-bond donors (Lipinski definition) is 1. The first-order chi connectivity index (χ1) is 10.6. The zero-order chi connectivity index (χ0) is 15.5. The maximum Gasteiger partial charge on any atom is 0.222 e. The van der Waals surface area contributed by atoms with Crippen LogP contribution < -0.4 is 5.32 Å². The second-order valence-electron chi connectivity index (χ2n) is 6.71. The fourth-order valence-corrected chi connectivity index (χ4v) is 3.38. The minimum atomic E-state index is 0.0438. The van der Waals surface area contributed by atoms with Crippen LogP contribution in [0.5, 0.6) is 0 Å². The second kappa shape index (κ2) is 6.75. The molecule has 3 atom stereocenters. The molecular weight excluding hydrogens is 278 g/mol. The van der Waals surface area contributed by atoms with E-state index in [0.29, 0.717) is 17.9 Å². The fourth-order valence-electron chi connectivity index (χ4n) is 3.38. The van der Waals surface area contributed by atoms with E-state index in [4.69, 9.17) is 4.74 Å². The Labute approximate surface area is 132 Å². The molecule has 0 radical (unpaired) electrons. The van der Waals surface area contributed by atoms with Gasteiger partial charge in [0.2, 0.25) is 5.91 Å². The highest BCUT2D eigenvalue weighted by atomic mass is 16.5. The maximum atomic E-state index is 11.7. The number of pyridine rings is 1. The monoisotopic (exact) mass is 303 g/mol. The topological polar surface area (TPSA) is 54.5 Å². The molecule has 5 nitrogen and oxygen atoms in total. The molecule has 3 heterocycles. The van der Waals surface area contributed by atoms with Crippen molar-refractivity contribution in [3.8, 4) is 0 Å². The van der Waals surface area contributed by atoms with Gasteiger partial charge in [0.1, 0.15) is 0 Å². The van der Waals surface area contributed by atoms with Gasteiger partial charge in [0.25, 0.3) is 0 Å². The van der Waals surface area contributed by atoms with Crippen LogP contribution in [0.3, 0.4) is 0 Å². The lowest BCUT2D eigenvalue weighted by molar-refractivity contribution is -0.124. The van der Waals surface area contributed by atoms with Crippen molar-refractivity contribution in [2.45, 2.75) is 26.5 Å². The molecule has 2 saturated heterocycles. The first-order valence-electron chi connectivity index (χ1n) is 8.15. The molecule has 0 spiro atoms. The zero-order valence-corrected chi connectivity index (χ0v) is 13.4. The van der Waals surface area contributed by atoms with E-state index in [9.17, 15) is 4.79 Å². The molecule has 1 amide bonds. The highest BCUT2D eigenvalue weighted by Crippen LogP contribution is 2.33. The smallest absolute Gasteiger partial charge is 0.222 e. The van der Waals surface area contributed by atoms with Gasteiger partial charge in [-0.2, -0.15) is 0 Å². The molecule has 1 aromatic heterocycles. The van der Waals surface area contributed by atoms with E-state index in [0.717, 1.165) is 38.5 Å². The summed E-state index contributed by atoms with van der Waals surface area (Å²) in [5.74, 6) is 1.13. The van der Waals surface area contributed by atoms with Crippen molar-refractivity contribution in [1.82, 2.24) is 15.2 Å². The molecular formula is C17H25N3O2. The molecule has 0 unspecified atom stereocenters. The van der Waals surface area contributed by atoms with Gasteiger partial charge in [0.05, 0.1) is 18.4 Å². The predicted octanol–water partition coefficient (Wildman–Crippen LogP) is 1.30. The van der Waals surface area contributed by atoms with E-state index in [-0.39, 0.29) is 11.8 Å². The van der Waals surface area contributed by atoms with E-state index in [2.05, 4.69) is 21.3 Å². The Balaban J connectivity index is 1.51. The molecule has 1 aromatic rings. The number of nitrogens with zero attached hydrogens (tertiary/aromatic N) is 2. The van der Waals surface area contributed by atoms with E-state index >= 15 is 0 Å². The number of aromatic nitrogens is 1. The number of ether oxygens (including phenoxy) is 1. The Kier molecular flexibility index (Phi) is 4.74. The summed E-state index contributed by atoms with van der Waals surface area (Å²) in [7, 11) is 0. The summed E-state index contributed by atoms with van der Waals surface area (Å²) in [6.45, 7) is 8.23. The molecule has 2 aliphatic heterocycles. The van der Waals surface area contributed by atoms with Crippen LogP contribution in [0.1, 0.15) is 19.5 Å². The summed E-state index contributed by atoms with van der Waals surface area (Å²) >= 11 is 0. The summed E-state index contributed by atoms with van der Waals surface area (Å²) < 4.78 is 5.94. The third-order valence-corrected chi connectivity index (χ3v) is 4.69. The lowest BCUT2D eigenvalue weighted by Gasteiger charge is -2.20. The van der Waals surface area contributed by atoms with Crippen LogP contribution >= 0.6 is 0 Å². The summed E-state index contributed by atoms with van der Waals surface area (Å²) in [6, 6.07) is 6.04. The van der Waals surface area contributed by atoms with Crippen LogP contribution in [0.15, 0.2) is 24.4 Å². The van der Waals surface area contributed by atoms with Crippen molar-refractivity contribution in [1.29, 1.82) is 0 Å². The molecule has 120 valence electrons. The molecule has 0 bridgehead atoms. The molecule has 3 rings (SSSR count). The Hall–Kier alpha value is -1.46. The van der Waals surface area contributed by atoms with Gasteiger partial charge in [-0.3, -0.25) is 14.7 Å². The van der Waals surface area contributed by atoms with Crippen molar-refractivity contribution in [2.24, 2.45) is 17.8 Å². The SMILES string of the molecule is CC(C)C(=O)NC[C@H]1CO[C@@H]2CN(Cc3ccccn3)C[C@H]12. The van der Waals surface area contributed by atoms with Gasteiger partial charge in [-0.15, -0.1) is 0 Å². The molecule has 2 fully saturated rings. The Bertz CT molecular complexity index is 506. The Morgan fingerprint density at radius 2 is 2.32 bits per heavy atom. The van der Waals surface area contributed by atoms with E-state index in [1.54, 1.807) is 0 Å². The summed E-state index contributed by atoms with van der Waals surface area (Å²) in [4.78, 5) is 18.5. The Morgan fingerprint density at radius 1 is 1.45 bits per heavy atom. The first kappa shape index (κ1) is 15.4. The summed E-state index contributed by atoms with van der Waals surface area (Å²) in [5, 5.41) is 3.05. The first-order valence-corrected chi connectivity index (χ1v) is 8.15. The molecule has 0 saturated carbocycles. The van der Waals surface area contributed by atoms with Crippen molar-refractivity contribution >= 4 is 5.91 Å². The average Bonchev–Trinajstić information content (AvgIpc) is 3.06.